The molecule has 0 radical (unpaired) electrons. The lowest BCUT2D eigenvalue weighted by Crippen LogP contribution is -2.40. The summed E-state index contributed by atoms with van der Waals surface area (Å²) >= 11 is 0. The molecular formula is C22H21N7O4. The van der Waals surface area contributed by atoms with Crippen LogP contribution in [0.4, 0.5) is 11.5 Å². The number of nitrogens with two attached hydrogens (primary N) is 1. The van der Waals surface area contributed by atoms with E-state index in [1.807, 2.05) is 24.3 Å². The van der Waals surface area contributed by atoms with Gasteiger partial charge in [-0.05, 0) is 46.7 Å². The van der Waals surface area contributed by atoms with Crippen molar-refractivity contribution in [1.82, 2.24) is 24.8 Å². The Kier molecular flexibility index (Phi) is 5.45. The van der Waals surface area contributed by atoms with E-state index in [0.717, 1.165) is 5.52 Å². The number of nitrogens with zero attached hydrogens (tertiary/aromatic N) is 5. The molecular weight excluding hydrogens is 426 g/mol. The van der Waals surface area contributed by atoms with Gasteiger partial charge in [-0.15, -0.1) is 0 Å². The van der Waals surface area contributed by atoms with Gasteiger partial charge < -0.3 is 25.3 Å². The third kappa shape index (κ3) is 4.13. The fourth-order valence-electron chi connectivity index (χ4n) is 3.76. The summed E-state index contributed by atoms with van der Waals surface area (Å²) in [6.07, 6.45) is 0. The number of morpholine rings is 1. The second-order valence-electron chi connectivity index (χ2n) is 7.54. The topological polar surface area (TPSA) is 141 Å². The number of carbonyl (C=O) groups is 2. The molecule has 0 saturated carbocycles. The van der Waals surface area contributed by atoms with E-state index in [1.54, 1.807) is 33.7 Å². The van der Waals surface area contributed by atoms with E-state index in [1.165, 1.54) is 0 Å². The number of anilines is 2. The number of para-hydroxylation sites is 2. The zero-order valence-electron chi connectivity index (χ0n) is 17.6. The van der Waals surface area contributed by atoms with Crippen molar-refractivity contribution in [2.75, 3.05) is 37.4 Å². The number of carbonyl (C=O) groups excluding carboxylic acids is 2. The lowest BCUT2D eigenvalue weighted by Gasteiger charge is -2.26. The summed E-state index contributed by atoms with van der Waals surface area (Å²) in [5.41, 5.74) is 8.69. The molecule has 0 bridgehead atoms. The van der Waals surface area contributed by atoms with Crippen LogP contribution in [0.2, 0.25) is 0 Å². The number of amides is 2. The maximum Gasteiger partial charge on any atom is 0.254 e. The highest BCUT2D eigenvalue weighted by molar-refractivity contribution is 5.96. The van der Waals surface area contributed by atoms with Gasteiger partial charge in [0.05, 0.1) is 24.2 Å². The Hall–Kier alpha value is -4.25. The second kappa shape index (κ2) is 8.71. The second-order valence-corrected chi connectivity index (χ2v) is 7.54. The first-order chi connectivity index (χ1) is 16.1. The number of benzene rings is 2. The first kappa shape index (κ1) is 20.6. The van der Waals surface area contributed by atoms with E-state index in [2.05, 4.69) is 20.6 Å². The number of aromatic nitrogens is 4. The molecule has 0 aliphatic carbocycles. The summed E-state index contributed by atoms with van der Waals surface area (Å²) < 4.78 is 11.7. The maximum absolute atomic E-state index is 12.9. The largest absolute Gasteiger partial charge is 0.379 e. The summed E-state index contributed by atoms with van der Waals surface area (Å²) in [6.45, 7) is 2.20. The van der Waals surface area contributed by atoms with E-state index in [9.17, 15) is 9.59 Å². The van der Waals surface area contributed by atoms with Crippen molar-refractivity contribution in [2.45, 2.75) is 6.54 Å². The Morgan fingerprint density at radius 1 is 1.03 bits per heavy atom. The predicted molar refractivity (Wildman–Crippen MR) is 119 cm³/mol. The SMILES string of the molecule is Nc1nonc1-c1nc2ccccc2n1CC(=O)Nc1ccc(C(=O)N2CCOCC2)cc1. The van der Waals surface area contributed by atoms with Gasteiger partial charge in [0, 0.05) is 24.3 Å². The first-order valence-corrected chi connectivity index (χ1v) is 10.4. The summed E-state index contributed by atoms with van der Waals surface area (Å²) in [6, 6.07) is 14.2. The Morgan fingerprint density at radius 2 is 1.79 bits per heavy atom. The van der Waals surface area contributed by atoms with E-state index >= 15 is 0 Å². The molecule has 1 aliphatic heterocycles. The first-order valence-electron chi connectivity index (χ1n) is 10.4. The number of hydrogen-bond acceptors (Lipinski definition) is 8. The lowest BCUT2D eigenvalue weighted by molar-refractivity contribution is -0.116. The minimum absolute atomic E-state index is 0.0311. The minimum atomic E-state index is -0.276. The number of hydrogen-bond donors (Lipinski definition) is 2. The molecule has 1 aliphatic rings. The third-order valence-corrected chi connectivity index (χ3v) is 5.40. The number of ether oxygens (including phenoxy) is 1. The highest BCUT2D eigenvalue weighted by Crippen LogP contribution is 2.26. The van der Waals surface area contributed by atoms with Crippen LogP contribution in [-0.2, 0) is 16.1 Å². The van der Waals surface area contributed by atoms with Crippen LogP contribution in [0.1, 0.15) is 10.4 Å². The van der Waals surface area contributed by atoms with Gasteiger partial charge in [-0.1, -0.05) is 12.1 Å². The van der Waals surface area contributed by atoms with Gasteiger partial charge >= 0.3 is 0 Å². The fraction of sp³-hybridized carbons (Fsp3) is 0.227. The van der Waals surface area contributed by atoms with Crippen LogP contribution in [0.15, 0.2) is 53.2 Å². The van der Waals surface area contributed by atoms with Crippen LogP contribution >= 0.6 is 0 Å². The van der Waals surface area contributed by atoms with Gasteiger partial charge in [0.15, 0.2) is 17.3 Å². The molecule has 2 amide bonds. The van der Waals surface area contributed by atoms with Crippen LogP contribution < -0.4 is 11.1 Å². The fourth-order valence-corrected chi connectivity index (χ4v) is 3.76. The molecule has 4 aromatic rings. The Labute approximate surface area is 188 Å². The van der Waals surface area contributed by atoms with E-state index in [4.69, 9.17) is 15.1 Å². The van der Waals surface area contributed by atoms with Crippen LogP contribution in [-0.4, -0.2) is 62.9 Å². The summed E-state index contributed by atoms with van der Waals surface area (Å²) in [7, 11) is 0. The van der Waals surface area contributed by atoms with Gasteiger partial charge in [0.2, 0.25) is 5.91 Å². The van der Waals surface area contributed by atoms with Crippen molar-refractivity contribution in [3.63, 3.8) is 0 Å². The molecule has 1 fully saturated rings. The highest BCUT2D eigenvalue weighted by atomic mass is 16.6. The highest BCUT2D eigenvalue weighted by Gasteiger charge is 2.21. The van der Waals surface area contributed by atoms with Gasteiger partial charge in [-0.2, -0.15) is 0 Å². The summed E-state index contributed by atoms with van der Waals surface area (Å²) in [5, 5.41) is 10.3. The van der Waals surface area contributed by atoms with Gasteiger partial charge in [-0.3, -0.25) is 9.59 Å². The summed E-state index contributed by atoms with van der Waals surface area (Å²) in [4.78, 5) is 31.7. The number of rotatable bonds is 5. The maximum atomic E-state index is 12.9. The predicted octanol–water partition coefficient (Wildman–Crippen LogP) is 1.78. The minimum Gasteiger partial charge on any atom is -0.379 e. The summed E-state index contributed by atoms with van der Waals surface area (Å²) in [5.74, 6) is 0.148. The van der Waals surface area contributed by atoms with Gasteiger partial charge in [0.25, 0.3) is 5.91 Å². The van der Waals surface area contributed by atoms with E-state index in [0.29, 0.717) is 48.9 Å². The van der Waals surface area contributed by atoms with Gasteiger partial charge in [-0.25, -0.2) is 9.61 Å². The molecule has 0 unspecified atom stereocenters. The lowest BCUT2D eigenvalue weighted by atomic mass is 10.1. The average molecular weight is 447 g/mol. The normalized spacial score (nSPS) is 13.9. The quantitative estimate of drug-likeness (QED) is 0.472. The number of nitrogens with one attached hydrogen (secondary N) is 1. The van der Waals surface area contributed by atoms with Crippen molar-refractivity contribution < 1.29 is 19.0 Å². The van der Waals surface area contributed by atoms with Crippen LogP contribution in [0, 0.1) is 0 Å². The number of imidazole rings is 1. The zero-order chi connectivity index (χ0) is 22.8. The molecule has 11 nitrogen and oxygen atoms in total. The number of fused-ring (bicyclic) bond motifs is 1. The standard InChI is InChI=1S/C22H21N7O4/c23-20-19(26-33-27-20)21-25-16-3-1-2-4-17(16)29(21)13-18(30)24-15-7-5-14(6-8-15)22(31)28-9-11-32-12-10-28/h1-8H,9-13H2,(H2,23,27)(H,24,30). The molecule has 11 heteroatoms. The molecule has 168 valence electrons. The van der Waals surface area contributed by atoms with Crippen molar-refractivity contribution in [1.29, 1.82) is 0 Å². The Balaban J connectivity index is 1.33. The molecule has 1 saturated heterocycles. The van der Waals surface area contributed by atoms with Crippen molar-refractivity contribution in [2.24, 2.45) is 0 Å². The van der Waals surface area contributed by atoms with Crippen LogP contribution in [0.25, 0.3) is 22.6 Å². The average Bonchev–Trinajstić information content (AvgIpc) is 3.43. The van der Waals surface area contributed by atoms with Crippen molar-refractivity contribution in [3.8, 4) is 11.5 Å². The monoisotopic (exact) mass is 447 g/mol. The molecule has 0 atom stereocenters. The Bertz CT molecular complexity index is 1310. The Morgan fingerprint density at radius 3 is 2.52 bits per heavy atom. The molecule has 3 N–H and O–H groups in total. The van der Waals surface area contributed by atoms with Crippen molar-refractivity contribution in [3.05, 3.63) is 54.1 Å². The number of nitrogen functional groups attached to an aromatic ring is 1. The van der Waals surface area contributed by atoms with Crippen molar-refractivity contribution >= 4 is 34.4 Å². The third-order valence-electron chi connectivity index (χ3n) is 5.40. The van der Waals surface area contributed by atoms with Gasteiger partial charge in [0.1, 0.15) is 6.54 Å². The van der Waals surface area contributed by atoms with E-state index in [-0.39, 0.29) is 29.9 Å². The molecule has 33 heavy (non-hydrogen) atoms. The van der Waals surface area contributed by atoms with Crippen LogP contribution in [0.3, 0.4) is 0 Å². The van der Waals surface area contributed by atoms with E-state index < -0.39 is 0 Å². The van der Waals surface area contributed by atoms with Crippen LogP contribution in [0.5, 0.6) is 0 Å². The molecule has 5 rings (SSSR count). The molecule has 0 spiro atoms. The molecule has 3 heterocycles. The smallest absolute Gasteiger partial charge is 0.254 e. The molecule has 2 aromatic heterocycles. The molecule has 2 aromatic carbocycles. The zero-order valence-corrected chi connectivity index (χ0v) is 17.6.